The van der Waals surface area contributed by atoms with E-state index in [1.807, 2.05) is 6.92 Å². The first-order valence-corrected chi connectivity index (χ1v) is 8.33. The van der Waals surface area contributed by atoms with Crippen molar-refractivity contribution in [3.63, 3.8) is 0 Å². The number of carbonyl (C=O) groups excluding carboxylic acids is 1. The minimum atomic E-state index is -0.157. The fraction of sp³-hybridized carbons (Fsp3) is 0.938. The summed E-state index contributed by atoms with van der Waals surface area (Å²) in [5, 5.41) is 3.44. The number of hydrogen-bond donors (Lipinski definition) is 1. The SMILES string of the molecule is CCOC(=O)C(CN(C)C1CCCCCC1)NC1CC1. The number of esters is 1. The summed E-state index contributed by atoms with van der Waals surface area (Å²) in [7, 11) is 2.16. The van der Waals surface area contributed by atoms with E-state index in [2.05, 4.69) is 17.3 Å². The Kier molecular flexibility index (Phi) is 6.30. The van der Waals surface area contributed by atoms with E-state index in [9.17, 15) is 4.79 Å². The first-order valence-electron chi connectivity index (χ1n) is 8.33. The first kappa shape index (κ1) is 15.8. The molecule has 0 heterocycles. The van der Waals surface area contributed by atoms with Gasteiger partial charge >= 0.3 is 5.97 Å². The molecule has 1 N–H and O–H groups in total. The molecule has 2 saturated carbocycles. The maximum Gasteiger partial charge on any atom is 0.324 e. The van der Waals surface area contributed by atoms with Crippen molar-refractivity contribution in [1.29, 1.82) is 0 Å². The second-order valence-corrected chi connectivity index (χ2v) is 6.33. The lowest BCUT2D eigenvalue weighted by molar-refractivity contribution is -0.146. The van der Waals surface area contributed by atoms with E-state index in [-0.39, 0.29) is 12.0 Å². The lowest BCUT2D eigenvalue weighted by Crippen LogP contribution is -2.49. The number of nitrogens with zero attached hydrogens (tertiary/aromatic N) is 1. The van der Waals surface area contributed by atoms with Crippen LogP contribution in [0.25, 0.3) is 0 Å². The van der Waals surface area contributed by atoms with Crippen LogP contribution in [0, 0.1) is 0 Å². The molecule has 0 radical (unpaired) electrons. The highest BCUT2D eigenvalue weighted by atomic mass is 16.5. The molecule has 0 bridgehead atoms. The summed E-state index contributed by atoms with van der Waals surface area (Å²) in [6, 6.07) is 1.01. The molecule has 0 saturated heterocycles. The Bertz CT molecular complexity index is 297. The van der Waals surface area contributed by atoms with Crippen molar-refractivity contribution in [3.8, 4) is 0 Å². The zero-order chi connectivity index (χ0) is 14.4. The molecular weight excluding hydrogens is 252 g/mol. The smallest absolute Gasteiger partial charge is 0.324 e. The molecule has 0 amide bonds. The van der Waals surface area contributed by atoms with E-state index in [1.54, 1.807) is 0 Å². The molecule has 1 atom stereocenters. The first-order chi connectivity index (χ1) is 9.70. The van der Waals surface area contributed by atoms with Gasteiger partial charge in [-0.25, -0.2) is 0 Å². The van der Waals surface area contributed by atoms with Gasteiger partial charge in [0.05, 0.1) is 6.61 Å². The van der Waals surface area contributed by atoms with Gasteiger partial charge in [-0.3, -0.25) is 4.79 Å². The quantitative estimate of drug-likeness (QED) is 0.575. The monoisotopic (exact) mass is 282 g/mol. The van der Waals surface area contributed by atoms with Gasteiger partial charge in [0.1, 0.15) is 6.04 Å². The molecule has 2 fully saturated rings. The number of carbonyl (C=O) groups is 1. The van der Waals surface area contributed by atoms with E-state index in [0.717, 1.165) is 6.54 Å². The Morgan fingerprint density at radius 3 is 2.40 bits per heavy atom. The largest absolute Gasteiger partial charge is 0.465 e. The molecule has 0 spiro atoms. The highest BCUT2D eigenvalue weighted by Gasteiger charge is 2.31. The van der Waals surface area contributed by atoms with E-state index in [1.165, 1.54) is 51.4 Å². The minimum absolute atomic E-state index is 0.0835. The van der Waals surface area contributed by atoms with E-state index in [0.29, 0.717) is 18.7 Å². The zero-order valence-electron chi connectivity index (χ0n) is 13.1. The third-order valence-electron chi connectivity index (χ3n) is 4.50. The maximum atomic E-state index is 12.1. The van der Waals surface area contributed by atoms with Gasteiger partial charge in [-0.05, 0) is 39.7 Å². The Morgan fingerprint density at radius 1 is 1.20 bits per heavy atom. The van der Waals surface area contributed by atoms with Crippen molar-refractivity contribution in [2.45, 2.75) is 76.4 Å². The third kappa shape index (κ3) is 5.06. The molecule has 2 aliphatic carbocycles. The molecule has 4 nitrogen and oxygen atoms in total. The van der Waals surface area contributed by atoms with Crippen molar-refractivity contribution >= 4 is 5.97 Å². The maximum absolute atomic E-state index is 12.1. The normalized spacial score (nSPS) is 22.6. The molecule has 20 heavy (non-hydrogen) atoms. The van der Waals surface area contributed by atoms with Gasteiger partial charge in [-0.15, -0.1) is 0 Å². The predicted molar refractivity (Wildman–Crippen MR) is 80.7 cm³/mol. The number of hydrogen-bond acceptors (Lipinski definition) is 4. The van der Waals surface area contributed by atoms with Crippen LogP contribution in [0.2, 0.25) is 0 Å². The van der Waals surface area contributed by atoms with Crippen molar-refractivity contribution < 1.29 is 9.53 Å². The van der Waals surface area contributed by atoms with Gasteiger partial charge in [0.2, 0.25) is 0 Å². The molecule has 0 aliphatic heterocycles. The summed E-state index contributed by atoms with van der Waals surface area (Å²) in [6.07, 6.45) is 10.3. The molecule has 0 aromatic carbocycles. The molecular formula is C16H30N2O2. The van der Waals surface area contributed by atoms with Crippen LogP contribution in [0.15, 0.2) is 0 Å². The number of nitrogens with one attached hydrogen (secondary N) is 1. The van der Waals surface area contributed by atoms with Crippen LogP contribution in [-0.2, 0) is 9.53 Å². The lowest BCUT2D eigenvalue weighted by Gasteiger charge is -2.30. The number of rotatable bonds is 7. The van der Waals surface area contributed by atoms with Crippen LogP contribution < -0.4 is 5.32 Å². The van der Waals surface area contributed by atoms with Gasteiger partial charge in [-0.1, -0.05) is 25.7 Å². The average Bonchev–Trinajstić information content (AvgIpc) is 3.24. The molecule has 4 heteroatoms. The van der Waals surface area contributed by atoms with Crippen molar-refractivity contribution in [2.75, 3.05) is 20.2 Å². The summed E-state index contributed by atoms with van der Waals surface area (Å²) in [5.41, 5.74) is 0. The van der Waals surface area contributed by atoms with Gasteiger partial charge < -0.3 is 15.0 Å². The summed E-state index contributed by atoms with van der Waals surface area (Å²) >= 11 is 0. The Balaban J connectivity index is 1.85. The Morgan fingerprint density at radius 2 is 1.85 bits per heavy atom. The van der Waals surface area contributed by atoms with E-state index in [4.69, 9.17) is 4.74 Å². The van der Waals surface area contributed by atoms with Crippen LogP contribution in [0.3, 0.4) is 0 Å². The zero-order valence-corrected chi connectivity index (χ0v) is 13.1. The number of likely N-dealkylation sites (N-methyl/N-ethyl adjacent to an activating group) is 1. The summed E-state index contributed by atoms with van der Waals surface area (Å²) < 4.78 is 5.22. The molecule has 0 aromatic heterocycles. The van der Waals surface area contributed by atoms with Crippen LogP contribution in [-0.4, -0.2) is 49.2 Å². The molecule has 2 aliphatic rings. The second kappa shape index (κ2) is 7.99. The summed E-state index contributed by atoms with van der Waals surface area (Å²) in [4.78, 5) is 14.5. The topological polar surface area (TPSA) is 41.6 Å². The molecule has 116 valence electrons. The highest BCUT2D eigenvalue weighted by molar-refractivity contribution is 5.76. The molecule has 1 unspecified atom stereocenters. The van der Waals surface area contributed by atoms with Crippen molar-refractivity contribution in [2.24, 2.45) is 0 Å². The fourth-order valence-electron chi connectivity index (χ4n) is 3.11. The fourth-order valence-corrected chi connectivity index (χ4v) is 3.11. The summed E-state index contributed by atoms with van der Waals surface area (Å²) in [6.45, 7) is 3.12. The lowest BCUT2D eigenvalue weighted by atomic mass is 10.1. The molecule has 2 rings (SSSR count). The van der Waals surface area contributed by atoms with Crippen molar-refractivity contribution in [1.82, 2.24) is 10.2 Å². The minimum Gasteiger partial charge on any atom is -0.465 e. The Labute approximate surface area is 123 Å². The second-order valence-electron chi connectivity index (χ2n) is 6.33. The predicted octanol–water partition coefficient (Wildman–Crippen LogP) is 2.32. The van der Waals surface area contributed by atoms with Crippen LogP contribution in [0.4, 0.5) is 0 Å². The standard InChI is InChI=1S/C16H30N2O2/c1-3-20-16(19)15(17-13-10-11-13)12-18(2)14-8-6-4-5-7-9-14/h13-15,17H,3-12H2,1-2H3. The van der Waals surface area contributed by atoms with Crippen LogP contribution in [0.5, 0.6) is 0 Å². The van der Waals surface area contributed by atoms with Crippen molar-refractivity contribution in [3.05, 3.63) is 0 Å². The molecule has 0 aromatic rings. The average molecular weight is 282 g/mol. The van der Waals surface area contributed by atoms with Gasteiger partial charge in [-0.2, -0.15) is 0 Å². The number of ether oxygens (including phenoxy) is 1. The van der Waals surface area contributed by atoms with Gasteiger partial charge in [0.15, 0.2) is 0 Å². The van der Waals surface area contributed by atoms with Crippen LogP contribution >= 0.6 is 0 Å². The summed E-state index contributed by atoms with van der Waals surface area (Å²) in [5.74, 6) is -0.0835. The van der Waals surface area contributed by atoms with E-state index < -0.39 is 0 Å². The Hall–Kier alpha value is -0.610. The van der Waals surface area contributed by atoms with Gasteiger partial charge in [0, 0.05) is 18.6 Å². The van der Waals surface area contributed by atoms with Crippen LogP contribution in [0.1, 0.15) is 58.3 Å². The third-order valence-corrected chi connectivity index (χ3v) is 4.50. The van der Waals surface area contributed by atoms with E-state index >= 15 is 0 Å². The highest BCUT2D eigenvalue weighted by Crippen LogP contribution is 2.23. The van der Waals surface area contributed by atoms with Gasteiger partial charge in [0.25, 0.3) is 0 Å².